The maximum atomic E-state index is 12.6. The van der Waals surface area contributed by atoms with E-state index in [0.29, 0.717) is 61.7 Å². The molecule has 0 saturated carbocycles. The molecule has 1 saturated heterocycles. The van der Waals surface area contributed by atoms with Gasteiger partial charge in [0.15, 0.2) is 0 Å². The Hall–Kier alpha value is -4.71. The van der Waals surface area contributed by atoms with Crippen molar-refractivity contribution in [1.29, 1.82) is 0 Å². The van der Waals surface area contributed by atoms with Gasteiger partial charge in [0.2, 0.25) is 11.9 Å². The van der Waals surface area contributed by atoms with Gasteiger partial charge in [-0.2, -0.15) is 0 Å². The number of ether oxygens (including phenoxy) is 2. The Labute approximate surface area is 274 Å². The molecule has 12 nitrogen and oxygen atoms in total. The fraction of sp³-hybridized carbons (Fsp3) is 0.394. The van der Waals surface area contributed by atoms with Crippen molar-refractivity contribution in [2.75, 3.05) is 56.2 Å². The number of benzene rings is 1. The van der Waals surface area contributed by atoms with Crippen molar-refractivity contribution in [3.05, 3.63) is 71.1 Å². The third-order valence-corrected chi connectivity index (χ3v) is 7.21. The molecule has 1 fully saturated rings. The van der Waals surface area contributed by atoms with Crippen LogP contribution >= 0.6 is 11.6 Å². The minimum absolute atomic E-state index is 0.152. The van der Waals surface area contributed by atoms with Gasteiger partial charge in [-0.3, -0.25) is 4.79 Å². The topological polar surface area (TPSA) is 130 Å². The van der Waals surface area contributed by atoms with Gasteiger partial charge >= 0.3 is 12.1 Å². The SMILES string of the molecule is CCOC(=O)C=Cc1cnc(N2CCN(c3ncc(-c4cccc(CN(C)C(=O)CNC(=O)OC(C)(C)C)c4)cn3)CC2)c(Cl)c1. The predicted molar refractivity (Wildman–Crippen MR) is 178 cm³/mol. The summed E-state index contributed by atoms with van der Waals surface area (Å²) in [6.45, 7) is 10.4. The quantitative estimate of drug-likeness (QED) is 0.246. The van der Waals surface area contributed by atoms with Gasteiger partial charge in [0.05, 0.1) is 11.6 Å². The number of anilines is 2. The lowest BCUT2D eigenvalue weighted by Gasteiger charge is -2.35. The molecule has 0 bridgehead atoms. The summed E-state index contributed by atoms with van der Waals surface area (Å²) < 4.78 is 10.1. The molecule has 244 valence electrons. The Balaban J connectivity index is 1.30. The van der Waals surface area contributed by atoms with Gasteiger partial charge in [-0.05, 0) is 62.6 Å². The summed E-state index contributed by atoms with van der Waals surface area (Å²) in [5.74, 6) is 0.687. The molecule has 1 N–H and O–H groups in total. The second kappa shape index (κ2) is 15.5. The number of piperazine rings is 1. The summed E-state index contributed by atoms with van der Waals surface area (Å²) in [6.07, 6.45) is 7.64. The van der Waals surface area contributed by atoms with Crippen LogP contribution in [0.2, 0.25) is 5.02 Å². The maximum absolute atomic E-state index is 12.6. The van der Waals surface area contributed by atoms with Crippen molar-refractivity contribution in [1.82, 2.24) is 25.2 Å². The largest absolute Gasteiger partial charge is 0.463 e. The number of carbonyl (C=O) groups is 3. The number of alkyl carbamates (subject to hydrolysis) is 1. The number of hydrogen-bond donors (Lipinski definition) is 1. The van der Waals surface area contributed by atoms with Crippen LogP contribution in [0, 0.1) is 0 Å². The van der Waals surface area contributed by atoms with Crippen molar-refractivity contribution in [3.8, 4) is 11.1 Å². The highest BCUT2D eigenvalue weighted by Gasteiger charge is 2.22. The number of aromatic nitrogens is 3. The van der Waals surface area contributed by atoms with E-state index in [4.69, 9.17) is 21.1 Å². The van der Waals surface area contributed by atoms with Gasteiger partial charge in [0.25, 0.3) is 0 Å². The average molecular weight is 650 g/mol. The number of nitrogens with zero attached hydrogens (tertiary/aromatic N) is 6. The van der Waals surface area contributed by atoms with Crippen molar-refractivity contribution < 1.29 is 23.9 Å². The zero-order valence-corrected chi connectivity index (χ0v) is 27.6. The second-order valence-corrected chi connectivity index (χ2v) is 12.1. The summed E-state index contributed by atoms with van der Waals surface area (Å²) >= 11 is 6.54. The maximum Gasteiger partial charge on any atom is 0.408 e. The Morgan fingerprint density at radius 1 is 1.00 bits per heavy atom. The molecule has 2 aromatic heterocycles. The standard InChI is InChI=1S/C33H40ClN7O5/c1-6-45-29(43)11-10-23-17-27(34)30(35-18-23)40-12-14-41(15-13-40)31-36-19-26(20-37-31)25-9-7-8-24(16-25)22-39(5)28(42)21-38-32(44)46-33(2,3)4/h7-11,16-20H,6,12-15,21-22H2,1-5H3,(H,38,44). The van der Waals surface area contributed by atoms with Gasteiger partial charge in [-0.15, -0.1) is 0 Å². The van der Waals surface area contributed by atoms with Crippen LogP contribution in [0.4, 0.5) is 16.6 Å². The lowest BCUT2D eigenvalue weighted by Crippen LogP contribution is -2.47. The van der Waals surface area contributed by atoms with E-state index in [1.54, 1.807) is 70.4 Å². The van der Waals surface area contributed by atoms with E-state index in [-0.39, 0.29) is 12.5 Å². The minimum Gasteiger partial charge on any atom is -0.463 e. The van der Waals surface area contributed by atoms with E-state index in [1.165, 1.54) is 6.08 Å². The summed E-state index contributed by atoms with van der Waals surface area (Å²) in [4.78, 5) is 55.6. The van der Waals surface area contributed by atoms with E-state index in [0.717, 1.165) is 16.7 Å². The minimum atomic E-state index is -0.634. The number of pyridine rings is 1. The molecule has 3 heterocycles. The first-order valence-corrected chi connectivity index (χ1v) is 15.4. The lowest BCUT2D eigenvalue weighted by molar-refractivity contribution is -0.137. The predicted octanol–water partition coefficient (Wildman–Crippen LogP) is 4.58. The molecule has 0 aliphatic carbocycles. The molecule has 46 heavy (non-hydrogen) atoms. The lowest BCUT2D eigenvalue weighted by atomic mass is 10.1. The van der Waals surface area contributed by atoms with Gasteiger partial charge < -0.3 is 29.5 Å². The van der Waals surface area contributed by atoms with Gasteiger partial charge in [-0.25, -0.2) is 24.5 Å². The van der Waals surface area contributed by atoms with Crippen LogP contribution in [0.3, 0.4) is 0 Å². The first-order valence-electron chi connectivity index (χ1n) is 15.0. The van der Waals surface area contributed by atoms with E-state index in [2.05, 4.69) is 30.1 Å². The van der Waals surface area contributed by atoms with Crippen molar-refractivity contribution in [3.63, 3.8) is 0 Å². The van der Waals surface area contributed by atoms with Crippen molar-refractivity contribution in [2.45, 2.75) is 39.8 Å². The molecule has 0 spiro atoms. The molecule has 0 atom stereocenters. The highest BCUT2D eigenvalue weighted by Crippen LogP contribution is 2.27. The third-order valence-electron chi connectivity index (χ3n) is 6.93. The number of carbonyl (C=O) groups excluding carboxylic acids is 3. The van der Waals surface area contributed by atoms with Crippen LogP contribution in [0.5, 0.6) is 0 Å². The molecule has 1 aliphatic rings. The average Bonchev–Trinajstić information content (AvgIpc) is 3.02. The summed E-state index contributed by atoms with van der Waals surface area (Å²) in [6, 6.07) is 9.62. The zero-order chi connectivity index (χ0) is 33.3. The van der Waals surface area contributed by atoms with E-state index in [1.807, 2.05) is 24.3 Å². The Bertz CT molecular complexity index is 1550. The van der Waals surface area contributed by atoms with Crippen LogP contribution in [-0.2, 0) is 25.6 Å². The smallest absolute Gasteiger partial charge is 0.408 e. The van der Waals surface area contributed by atoms with Crippen LogP contribution in [0.15, 0.2) is 55.0 Å². The van der Waals surface area contributed by atoms with E-state index >= 15 is 0 Å². The molecular weight excluding hydrogens is 610 g/mol. The summed E-state index contributed by atoms with van der Waals surface area (Å²) in [5, 5.41) is 3.01. The summed E-state index contributed by atoms with van der Waals surface area (Å²) in [7, 11) is 1.69. The molecule has 1 aliphatic heterocycles. The molecule has 13 heteroatoms. The fourth-order valence-corrected chi connectivity index (χ4v) is 4.98. The van der Waals surface area contributed by atoms with Crippen LogP contribution < -0.4 is 15.1 Å². The Morgan fingerprint density at radius 2 is 1.70 bits per heavy atom. The van der Waals surface area contributed by atoms with Crippen LogP contribution in [0.1, 0.15) is 38.8 Å². The number of rotatable bonds is 10. The summed E-state index contributed by atoms with van der Waals surface area (Å²) in [5.41, 5.74) is 2.80. The molecule has 3 aromatic rings. The number of esters is 1. The van der Waals surface area contributed by atoms with Gasteiger partial charge in [0, 0.05) is 70.0 Å². The van der Waals surface area contributed by atoms with E-state index in [9.17, 15) is 14.4 Å². The molecule has 0 radical (unpaired) electrons. The molecule has 4 rings (SSSR count). The van der Waals surface area contributed by atoms with Crippen molar-refractivity contribution >= 4 is 47.4 Å². The Morgan fingerprint density at radius 3 is 2.35 bits per heavy atom. The molecule has 0 unspecified atom stereocenters. The monoisotopic (exact) mass is 649 g/mol. The fourth-order valence-electron chi connectivity index (χ4n) is 4.68. The molecule has 2 amide bonds. The second-order valence-electron chi connectivity index (χ2n) is 11.7. The molecule has 1 aromatic carbocycles. The van der Waals surface area contributed by atoms with Crippen LogP contribution in [0.25, 0.3) is 17.2 Å². The van der Waals surface area contributed by atoms with Crippen molar-refractivity contribution in [2.24, 2.45) is 0 Å². The van der Waals surface area contributed by atoms with Gasteiger partial charge in [-0.1, -0.05) is 29.8 Å². The Kier molecular flexibility index (Phi) is 11.5. The number of amides is 2. The van der Waals surface area contributed by atoms with E-state index < -0.39 is 17.7 Å². The van der Waals surface area contributed by atoms with Crippen LogP contribution in [-0.4, -0.2) is 89.8 Å². The third kappa shape index (κ3) is 9.90. The van der Waals surface area contributed by atoms with Gasteiger partial charge in [0.1, 0.15) is 18.0 Å². The zero-order valence-electron chi connectivity index (χ0n) is 26.8. The highest BCUT2D eigenvalue weighted by molar-refractivity contribution is 6.33. The molecular formula is C33H40ClN7O5. The number of nitrogens with one attached hydrogen (secondary N) is 1. The number of hydrogen-bond acceptors (Lipinski definition) is 10. The highest BCUT2D eigenvalue weighted by atomic mass is 35.5. The first-order chi connectivity index (χ1) is 21.9. The first kappa shape index (κ1) is 34.2. The normalized spacial score (nSPS) is 13.4. The number of likely N-dealkylation sites (N-methyl/N-ethyl adjacent to an activating group) is 1. The number of halogens is 1.